The third-order valence-corrected chi connectivity index (χ3v) is 7.28. The van der Waals surface area contributed by atoms with Crippen molar-refractivity contribution < 1.29 is 13.2 Å². The lowest BCUT2D eigenvalue weighted by Crippen LogP contribution is -2.47. The van der Waals surface area contributed by atoms with Crippen molar-refractivity contribution in [3.63, 3.8) is 0 Å². The van der Waals surface area contributed by atoms with Gasteiger partial charge in [-0.05, 0) is 43.2 Å². The van der Waals surface area contributed by atoms with Gasteiger partial charge in [0.25, 0.3) is 0 Å². The highest BCUT2D eigenvalue weighted by Crippen LogP contribution is 2.43. The van der Waals surface area contributed by atoms with Gasteiger partial charge in [0.2, 0.25) is 15.9 Å². The number of aromatic nitrogens is 2. The summed E-state index contributed by atoms with van der Waals surface area (Å²) in [5, 5.41) is -0.407. The van der Waals surface area contributed by atoms with Crippen molar-refractivity contribution in [1.82, 2.24) is 14.1 Å². The Balaban J connectivity index is 1.45. The first kappa shape index (κ1) is 15.6. The Morgan fingerprint density at radius 3 is 2.71 bits per heavy atom. The first-order valence-corrected chi connectivity index (χ1v) is 10.0. The quantitative estimate of drug-likeness (QED) is 0.916. The van der Waals surface area contributed by atoms with Crippen LogP contribution < -0.4 is 4.72 Å². The minimum atomic E-state index is -3.60. The number of amides is 1. The second-order valence-electron chi connectivity index (χ2n) is 7.00. The maximum absolute atomic E-state index is 12.6. The number of carbonyl (C=O) groups is 1. The van der Waals surface area contributed by atoms with Gasteiger partial charge in [-0.3, -0.25) is 9.52 Å². The van der Waals surface area contributed by atoms with Gasteiger partial charge in [-0.2, -0.15) is 0 Å². The Morgan fingerprint density at radius 1 is 1.25 bits per heavy atom. The van der Waals surface area contributed by atoms with Gasteiger partial charge in [0.05, 0.1) is 17.4 Å². The number of pyridine rings is 1. The number of hydrogen-bond donors (Lipinski definition) is 1. The molecule has 3 aliphatic carbocycles. The molecule has 2 aromatic heterocycles. The molecule has 3 saturated carbocycles. The summed E-state index contributed by atoms with van der Waals surface area (Å²) < 4.78 is 29.3. The zero-order valence-electron chi connectivity index (χ0n) is 13.4. The summed E-state index contributed by atoms with van der Waals surface area (Å²) in [7, 11) is -3.60. The lowest BCUT2D eigenvalue weighted by molar-refractivity contribution is -0.118. The largest absolute Gasteiger partial charge is 0.307 e. The predicted octanol–water partition coefficient (Wildman–Crippen LogP) is 1.90. The summed E-state index contributed by atoms with van der Waals surface area (Å²) in [6.45, 7) is 0. The number of fused-ring (bicyclic) bond motifs is 4. The van der Waals surface area contributed by atoms with E-state index in [0.717, 1.165) is 31.3 Å². The van der Waals surface area contributed by atoms with E-state index in [1.807, 2.05) is 28.8 Å². The molecule has 0 radical (unpaired) electrons. The smallest absolute Gasteiger partial charge is 0.239 e. The molecular weight excluding hydrogens is 326 g/mol. The monoisotopic (exact) mass is 347 g/mol. The molecule has 1 atom stereocenters. The minimum absolute atomic E-state index is 0.0261. The van der Waals surface area contributed by atoms with Gasteiger partial charge >= 0.3 is 0 Å². The normalized spacial score (nSPS) is 26.6. The van der Waals surface area contributed by atoms with E-state index in [1.165, 1.54) is 0 Å². The van der Waals surface area contributed by atoms with E-state index in [4.69, 9.17) is 0 Å². The molecule has 0 aromatic carbocycles. The summed E-state index contributed by atoms with van der Waals surface area (Å²) >= 11 is 0. The summed E-state index contributed by atoms with van der Waals surface area (Å²) in [6, 6.07) is 5.59. The van der Waals surface area contributed by atoms with Crippen LogP contribution in [-0.2, 0) is 21.2 Å². The number of imidazole rings is 1. The number of nitrogens with zero attached hydrogens (tertiary/aromatic N) is 2. The minimum Gasteiger partial charge on any atom is -0.307 e. The van der Waals surface area contributed by atoms with Gasteiger partial charge in [-0.15, -0.1) is 0 Å². The van der Waals surface area contributed by atoms with Crippen LogP contribution in [0.1, 0.15) is 37.8 Å². The van der Waals surface area contributed by atoms with Crippen molar-refractivity contribution in [1.29, 1.82) is 0 Å². The maximum Gasteiger partial charge on any atom is 0.239 e. The van der Waals surface area contributed by atoms with E-state index >= 15 is 0 Å². The van der Waals surface area contributed by atoms with E-state index in [-0.39, 0.29) is 12.3 Å². The van der Waals surface area contributed by atoms with Crippen molar-refractivity contribution in [2.24, 2.45) is 11.8 Å². The highest BCUT2D eigenvalue weighted by molar-refractivity contribution is 7.90. The fourth-order valence-electron chi connectivity index (χ4n) is 4.20. The number of rotatable bonds is 4. The van der Waals surface area contributed by atoms with Crippen molar-refractivity contribution in [2.75, 3.05) is 0 Å². The van der Waals surface area contributed by atoms with E-state index in [2.05, 4.69) is 9.71 Å². The first-order chi connectivity index (χ1) is 11.5. The lowest BCUT2D eigenvalue weighted by Gasteiger charge is -2.41. The number of hydrogen-bond acceptors (Lipinski definition) is 4. The molecule has 3 fully saturated rings. The van der Waals surface area contributed by atoms with Gasteiger partial charge < -0.3 is 4.40 Å². The van der Waals surface area contributed by atoms with Crippen LogP contribution in [0, 0.1) is 11.8 Å². The van der Waals surface area contributed by atoms with Crippen LogP contribution in [0.2, 0.25) is 0 Å². The van der Waals surface area contributed by atoms with E-state index < -0.39 is 21.2 Å². The molecule has 1 unspecified atom stereocenters. The molecule has 0 saturated heterocycles. The molecule has 6 nitrogen and oxygen atoms in total. The van der Waals surface area contributed by atoms with Crippen LogP contribution in [0.3, 0.4) is 0 Å². The third-order valence-electron chi connectivity index (χ3n) is 5.39. The molecule has 128 valence electrons. The van der Waals surface area contributed by atoms with Crippen LogP contribution >= 0.6 is 0 Å². The van der Waals surface area contributed by atoms with Gasteiger partial charge in [0.1, 0.15) is 5.65 Å². The molecule has 2 heterocycles. The van der Waals surface area contributed by atoms with Gasteiger partial charge in [0.15, 0.2) is 0 Å². The molecular formula is C17H21N3O3S. The second kappa shape index (κ2) is 5.88. The Labute approximate surface area is 141 Å². The van der Waals surface area contributed by atoms with E-state index in [1.54, 1.807) is 6.20 Å². The van der Waals surface area contributed by atoms with Gasteiger partial charge in [-0.1, -0.05) is 18.9 Å². The highest BCUT2D eigenvalue weighted by atomic mass is 32.2. The fraction of sp³-hybridized carbons (Fsp3) is 0.529. The first-order valence-electron chi connectivity index (χ1n) is 8.48. The van der Waals surface area contributed by atoms with E-state index in [0.29, 0.717) is 18.0 Å². The predicted molar refractivity (Wildman–Crippen MR) is 89.8 cm³/mol. The van der Waals surface area contributed by atoms with Crippen LogP contribution in [0.15, 0.2) is 30.6 Å². The highest BCUT2D eigenvalue weighted by Gasteiger charge is 2.43. The molecule has 5 rings (SSSR count). The molecule has 0 aliphatic heterocycles. The Bertz CT molecular complexity index is 833. The summed E-state index contributed by atoms with van der Waals surface area (Å²) in [5.74, 6) is 0.209. The van der Waals surface area contributed by atoms with Crippen molar-refractivity contribution in [3.8, 4) is 0 Å². The van der Waals surface area contributed by atoms with Gasteiger partial charge in [0, 0.05) is 12.4 Å². The number of nitrogens with one attached hydrogen (secondary N) is 1. The molecule has 24 heavy (non-hydrogen) atoms. The molecule has 3 aliphatic rings. The topological polar surface area (TPSA) is 80.5 Å². The molecule has 7 heteroatoms. The van der Waals surface area contributed by atoms with Crippen LogP contribution in [0.5, 0.6) is 0 Å². The Morgan fingerprint density at radius 2 is 2.04 bits per heavy atom. The summed E-state index contributed by atoms with van der Waals surface area (Å²) in [4.78, 5) is 16.6. The molecule has 1 N–H and O–H groups in total. The average Bonchev–Trinajstić information content (AvgIpc) is 2.97. The lowest BCUT2D eigenvalue weighted by atomic mass is 9.70. The van der Waals surface area contributed by atoms with Crippen LogP contribution in [0.25, 0.3) is 5.65 Å². The Kier molecular flexibility index (Phi) is 3.83. The summed E-state index contributed by atoms with van der Waals surface area (Å²) in [6.07, 6.45) is 8.47. The fourth-order valence-corrected chi connectivity index (χ4v) is 6.05. The zero-order chi connectivity index (χ0) is 16.7. The molecule has 0 spiro atoms. The van der Waals surface area contributed by atoms with Crippen molar-refractivity contribution in [3.05, 3.63) is 36.3 Å². The Hall–Kier alpha value is -1.89. The number of carbonyl (C=O) groups excluding carboxylic acids is 1. The molecule has 2 bridgehead atoms. The van der Waals surface area contributed by atoms with Crippen LogP contribution in [0.4, 0.5) is 0 Å². The average molecular weight is 347 g/mol. The third kappa shape index (κ3) is 2.92. The maximum atomic E-state index is 12.6. The molecule has 1 amide bonds. The number of sulfonamides is 1. The van der Waals surface area contributed by atoms with E-state index in [9.17, 15) is 13.2 Å². The zero-order valence-corrected chi connectivity index (χ0v) is 14.2. The summed E-state index contributed by atoms with van der Waals surface area (Å²) in [5.41, 5.74) is 1.31. The molecule has 2 aromatic rings. The van der Waals surface area contributed by atoms with Crippen molar-refractivity contribution >= 4 is 21.6 Å². The van der Waals surface area contributed by atoms with Gasteiger partial charge in [-0.25, -0.2) is 13.4 Å². The van der Waals surface area contributed by atoms with Crippen molar-refractivity contribution in [2.45, 2.75) is 43.8 Å². The second-order valence-corrected chi connectivity index (χ2v) is 8.90. The standard InChI is InChI=1S/C17H21N3O3S/c21-17(10-14-11-20-8-2-1-3-16(20)18-14)19-24(22,23)15-9-12-4-6-13(15)7-5-12/h1-3,8,11-13,15H,4-7,9-10H2,(H,19,21). The SMILES string of the molecule is O=C(Cc1cn2ccccc2n1)NS(=O)(=O)C1CC2CCC1CC2. The van der Waals surface area contributed by atoms with Crippen LogP contribution in [-0.4, -0.2) is 29.0 Å².